The fourth-order valence-corrected chi connectivity index (χ4v) is 3.67. The van der Waals surface area contributed by atoms with Crippen molar-refractivity contribution in [1.29, 1.82) is 0 Å². The first-order valence-corrected chi connectivity index (χ1v) is 9.42. The van der Waals surface area contributed by atoms with Gasteiger partial charge in [0.05, 0.1) is 12.1 Å². The van der Waals surface area contributed by atoms with Crippen LogP contribution in [0.2, 0.25) is 0 Å². The summed E-state index contributed by atoms with van der Waals surface area (Å²) in [5.74, 6) is 0.0875. The number of para-hydroxylation sites is 1. The molecule has 0 unspecified atom stereocenters. The van der Waals surface area contributed by atoms with Crippen molar-refractivity contribution in [2.75, 3.05) is 6.54 Å². The van der Waals surface area contributed by atoms with Crippen molar-refractivity contribution in [3.8, 4) is 5.75 Å². The van der Waals surface area contributed by atoms with Crippen molar-refractivity contribution in [3.63, 3.8) is 0 Å². The maximum Gasteiger partial charge on any atom is 0.240 e. The predicted molar refractivity (Wildman–Crippen MR) is 107 cm³/mol. The molecule has 0 radical (unpaired) electrons. The van der Waals surface area contributed by atoms with Crippen molar-refractivity contribution in [2.45, 2.75) is 50.7 Å². The van der Waals surface area contributed by atoms with Gasteiger partial charge in [0.25, 0.3) is 0 Å². The van der Waals surface area contributed by atoms with E-state index in [1.165, 1.54) is 0 Å². The molecule has 2 N–H and O–H groups in total. The van der Waals surface area contributed by atoms with E-state index in [1.54, 1.807) is 17.2 Å². The van der Waals surface area contributed by atoms with Crippen LogP contribution in [0, 0.1) is 5.41 Å². The second kappa shape index (κ2) is 7.38. The molecule has 1 aliphatic rings. The number of likely N-dealkylation sites (tertiary alicyclic amines) is 1. The maximum absolute atomic E-state index is 12.7. The molecule has 0 spiro atoms. The van der Waals surface area contributed by atoms with Gasteiger partial charge in [-0.3, -0.25) is 14.6 Å². The maximum atomic E-state index is 12.7. The molecule has 1 aromatic carbocycles. The summed E-state index contributed by atoms with van der Waals surface area (Å²) in [5, 5.41) is 0.847. The molecule has 0 bridgehead atoms. The average molecular weight is 388 g/mol. The molecule has 0 aliphatic carbocycles. The van der Waals surface area contributed by atoms with E-state index >= 15 is 0 Å². The number of nitrogens with zero attached hydrogens (tertiary/aromatic N) is 2. The number of carbonyl (C=O) groups excluding carboxylic acids is 2. The summed E-state index contributed by atoms with van der Waals surface area (Å²) < 4.78 is 6.16. The highest BCUT2D eigenvalue weighted by atomic mass is 32.1. The van der Waals surface area contributed by atoms with Crippen molar-refractivity contribution >= 4 is 35.3 Å². The fourth-order valence-electron chi connectivity index (χ4n) is 3.40. The highest BCUT2D eigenvalue weighted by Gasteiger charge is 2.40. The van der Waals surface area contributed by atoms with Gasteiger partial charge < -0.3 is 15.4 Å². The first kappa shape index (κ1) is 19.5. The van der Waals surface area contributed by atoms with Crippen LogP contribution in [0.4, 0.5) is 0 Å². The standard InChI is InChI=1S/C20H25N3O3S/c1-20(2,3)10-17(24)23-11-12(9-14(23)19(21)25)26-15-7-8-22-18-13(15)5-4-6-16(18)27/h4-8,12,14,27H,9-11H2,1-3H3,(H2,21,25)/t12-,14+/m1/s1. The number of fused-ring (bicyclic) bond motifs is 1. The molecule has 144 valence electrons. The Bertz CT molecular complexity index is 878. The van der Waals surface area contributed by atoms with Gasteiger partial charge in [0.15, 0.2) is 0 Å². The lowest BCUT2D eigenvalue weighted by Crippen LogP contribution is -2.44. The Kier molecular flexibility index (Phi) is 5.33. The summed E-state index contributed by atoms with van der Waals surface area (Å²) in [4.78, 5) is 31.2. The SMILES string of the molecule is CC(C)(C)CC(=O)N1C[C@H](Oc2ccnc3c(S)cccc23)C[C@H]1C(N)=O. The smallest absolute Gasteiger partial charge is 0.240 e. The van der Waals surface area contributed by atoms with Gasteiger partial charge in [-0.1, -0.05) is 26.8 Å². The van der Waals surface area contributed by atoms with Gasteiger partial charge >= 0.3 is 0 Å². The van der Waals surface area contributed by atoms with Gasteiger partial charge in [0.1, 0.15) is 17.9 Å². The number of primary amides is 1. The van der Waals surface area contributed by atoms with Crippen LogP contribution in [-0.2, 0) is 9.59 Å². The summed E-state index contributed by atoms with van der Waals surface area (Å²) >= 11 is 4.44. The second-order valence-electron chi connectivity index (χ2n) is 8.16. The van der Waals surface area contributed by atoms with Crippen molar-refractivity contribution in [2.24, 2.45) is 11.1 Å². The number of benzene rings is 1. The third-order valence-corrected chi connectivity index (χ3v) is 4.96. The second-order valence-corrected chi connectivity index (χ2v) is 8.64. The molecule has 2 aromatic rings. The molecule has 6 nitrogen and oxygen atoms in total. The number of nitrogens with two attached hydrogens (primary N) is 1. The number of thiol groups is 1. The minimum atomic E-state index is -0.640. The summed E-state index contributed by atoms with van der Waals surface area (Å²) in [6, 6.07) is 6.82. The fraction of sp³-hybridized carbons (Fsp3) is 0.450. The van der Waals surface area contributed by atoms with E-state index in [2.05, 4.69) is 17.6 Å². The third kappa shape index (κ3) is 4.35. The van der Waals surface area contributed by atoms with E-state index in [0.29, 0.717) is 25.1 Å². The van der Waals surface area contributed by atoms with E-state index in [-0.39, 0.29) is 17.4 Å². The summed E-state index contributed by atoms with van der Waals surface area (Å²) in [5.41, 5.74) is 6.14. The Hall–Kier alpha value is -2.28. The van der Waals surface area contributed by atoms with E-state index < -0.39 is 11.9 Å². The summed E-state index contributed by atoms with van der Waals surface area (Å²) in [7, 11) is 0. The average Bonchev–Trinajstić information content (AvgIpc) is 2.99. The topological polar surface area (TPSA) is 85.5 Å². The minimum absolute atomic E-state index is 0.0744. The van der Waals surface area contributed by atoms with Crippen LogP contribution in [0.15, 0.2) is 35.4 Å². The quantitative estimate of drug-likeness (QED) is 0.790. The Balaban J connectivity index is 1.82. The molecule has 27 heavy (non-hydrogen) atoms. The number of amides is 2. The molecule has 0 saturated carbocycles. The predicted octanol–water partition coefficient (Wildman–Crippen LogP) is 2.79. The van der Waals surface area contributed by atoms with E-state index in [4.69, 9.17) is 10.5 Å². The van der Waals surface area contributed by atoms with Crippen LogP contribution in [-0.4, -0.2) is 40.4 Å². The molecule has 2 heterocycles. The van der Waals surface area contributed by atoms with Gasteiger partial charge in [-0.2, -0.15) is 0 Å². The normalized spacial score (nSPS) is 20.1. The number of aromatic nitrogens is 1. The lowest BCUT2D eigenvalue weighted by molar-refractivity contribution is -0.138. The van der Waals surface area contributed by atoms with E-state index in [9.17, 15) is 9.59 Å². The molecule has 1 aromatic heterocycles. The Morgan fingerprint density at radius 3 is 2.74 bits per heavy atom. The first-order valence-electron chi connectivity index (χ1n) is 8.98. The Morgan fingerprint density at radius 2 is 2.07 bits per heavy atom. The lowest BCUT2D eigenvalue weighted by atomic mass is 9.91. The van der Waals surface area contributed by atoms with Crippen LogP contribution < -0.4 is 10.5 Å². The molecule has 2 amide bonds. The van der Waals surface area contributed by atoms with Crippen LogP contribution >= 0.6 is 12.6 Å². The highest BCUT2D eigenvalue weighted by Crippen LogP contribution is 2.31. The largest absolute Gasteiger partial charge is 0.488 e. The molecule has 2 atom stereocenters. The zero-order valence-corrected chi connectivity index (χ0v) is 16.7. The molecule has 1 fully saturated rings. The third-order valence-electron chi connectivity index (χ3n) is 4.60. The van der Waals surface area contributed by atoms with Crippen LogP contribution in [0.5, 0.6) is 5.75 Å². The zero-order valence-electron chi connectivity index (χ0n) is 15.8. The molecule has 3 rings (SSSR count). The summed E-state index contributed by atoms with van der Waals surface area (Å²) in [6.45, 7) is 6.32. The van der Waals surface area contributed by atoms with Gasteiger partial charge in [-0.05, 0) is 23.6 Å². The van der Waals surface area contributed by atoms with E-state index in [1.807, 2.05) is 39.0 Å². The minimum Gasteiger partial charge on any atom is -0.488 e. The Morgan fingerprint density at radius 1 is 1.33 bits per heavy atom. The Labute approximate surface area is 164 Å². The van der Waals surface area contributed by atoms with Crippen molar-refractivity contribution < 1.29 is 14.3 Å². The van der Waals surface area contributed by atoms with Gasteiger partial charge in [0.2, 0.25) is 11.8 Å². The molecular formula is C20H25N3O3S. The number of hydrogen-bond donors (Lipinski definition) is 2. The number of pyridine rings is 1. The van der Waals surface area contributed by atoms with Gasteiger partial charge in [-0.25, -0.2) is 0 Å². The highest BCUT2D eigenvalue weighted by molar-refractivity contribution is 7.80. The molecule has 7 heteroatoms. The molecular weight excluding hydrogens is 362 g/mol. The number of rotatable bonds is 4. The van der Waals surface area contributed by atoms with Crippen molar-refractivity contribution in [1.82, 2.24) is 9.88 Å². The lowest BCUT2D eigenvalue weighted by Gasteiger charge is -2.26. The first-order chi connectivity index (χ1) is 12.7. The summed E-state index contributed by atoms with van der Waals surface area (Å²) in [6.07, 6.45) is 2.10. The van der Waals surface area contributed by atoms with Gasteiger partial charge in [-0.15, -0.1) is 12.6 Å². The van der Waals surface area contributed by atoms with Gasteiger partial charge in [0, 0.05) is 29.3 Å². The number of hydrogen-bond acceptors (Lipinski definition) is 5. The van der Waals surface area contributed by atoms with Crippen LogP contribution in [0.25, 0.3) is 10.9 Å². The van der Waals surface area contributed by atoms with Crippen LogP contribution in [0.3, 0.4) is 0 Å². The molecule has 1 saturated heterocycles. The van der Waals surface area contributed by atoms with E-state index in [0.717, 1.165) is 15.8 Å². The zero-order chi connectivity index (χ0) is 19.8. The number of carbonyl (C=O) groups is 2. The van der Waals surface area contributed by atoms with Crippen LogP contribution in [0.1, 0.15) is 33.6 Å². The van der Waals surface area contributed by atoms with Crippen molar-refractivity contribution in [3.05, 3.63) is 30.5 Å². The monoisotopic (exact) mass is 387 g/mol. The molecule has 1 aliphatic heterocycles. The number of ether oxygens (including phenoxy) is 1.